The van der Waals surface area contributed by atoms with Crippen LogP contribution in [0.4, 0.5) is 0 Å². The molecule has 0 unspecified atom stereocenters. The van der Waals surface area contributed by atoms with Crippen molar-refractivity contribution < 1.29 is 14.3 Å². The maximum atomic E-state index is 13.3. The number of hydrogen-bond donors (Lipinski definition) is 0. The van der Waals surface area contributed by atoms with Gasteiger partial charge in [-0.1, -0.05) is 11.3 Å². The smallest absolute Gasteiger partial charge is 0.254 e. The van der Waals surface area contributed by atoms with Crippen LogP contribution in [0.2, 0.25) is 0 Å². The predicted octanol–water partition coefficient (Wildman–Crippen LogP) is 3.61. The van der Waals surface area contributed by atoms with Crippen LogP contribution in [0.5, 0.6) is 11.5 Å². The van der Waals surface area contributed by atoms with Gasteiger partial charge >= 0.3 is 0 Å². The number of carbonyl (C=O) groups excluding carboxylic acids is 1. The third-order valence-electron chi connectivity index (χ3n) is 6.99. The molecule has 5 aliphatic rings. The number of benzene rings is 1. The predicted molar refractivity (Wildman–Crippen MR) is 98.1 cm³/mol. The number of nitrogens with zero attached hydrogens (tertiary/aromatic N) is 2. The molecule has 0 radical (unpaired) electrons. The fraction of sp³-hybridized carbons (Fsp3) is 0.600. The van der Waals surface area contributed by atoms with Gasteiger partial charge in [-0.25, -0.2) is 0 Å². The van der Waals surface area contributed by atoms with E-state index in [0.717, 1.165) is 63.5 Å². The van der Waals surface area contributed by atoms with Crippen LogP contribution >= 0.6 is 11.3 Å². The number of ether oxygens (including phenoxy) is 2. The molecule has 26 heavy (non-hydrogen) atoms. The molecule has 136 valence electrons. The van der Waals surface area contributed by atoms with E-state index in [-0.39, 0.29) is 18.1 Å². The van der Waals surface area contributed by atoms with Crippen LogP contribution in [-0.2, 0) is 11.8 Å². The lowest BCUT2D eigenvalue weighted by Crippen LogP contribution is -2.49. The first kappa shape index (κ1) is 15.3. The van der Waals surface area contributed by atoms with Gasteiger partial charge in [0.1, 0.15) is 0 Å². The van der Waals surface area contributed by atoms with Crippen molar-refractivity contribution in [2.75, 3.05) is 6.79 Å². The molecule has 4 fully saturated rings. The van der Waals surface area contributed by atoms with Crippen LogP contribution in [-0.4, -0.2) is 17.3 Å². The summed E-state index contributed by atoms with van der Waals surface area (Å²) in [6.07, 6.45) is 7.21. The molecular weight excluding hydrogens is 348 g/mol. The van der Waals surface area contributed by atoms with Crippen molar-refractivity contribution in [2.45, 2.75) is 38.5 Å². The van der Waals surface area contributed by atoms with Gasteiger partial charge in [-0.3, -0.25) is 4.79 Å². The maximum Gasteiger partial charge on any atom is 0.254 e. The second-order valence-electron chi connectivity index (χ2n) is 8.73. The standard InChI is InChI=1S/C20H22N2O3S/c1-22-14-5-15-16(25-10-24-15)6-17(14)26-19(22)21-18(23)20-7-11-2-12(8-20)4-13(3-11)9-20/h5-6,11-13H,2-4,7-10H2,1H3. The number of aryl methyl sites for hydroxylation is 1. The summed E-state index contributed by atoms with van der Waals surface area (Å²) in [6.45, 7) is 0.276. The topological polar surface area (TPSA) is 52.8 Å². The van der Waals surface area contributed by atoms with E-state index in [1.54, 1.807) is 11.3 Å². The number of hydrogen-bond acceptors (Lipinski definition) is 4. The van der Waals surface area contributed by atoms with Gasteiger partial charge in [0.05, 0.1) is 15.6 Å². The molecule has 5 nitrogen and oxygen atoms in total. The lowest BCUT2D eigenvalue weighted by atomic mass is 9.49. The van der Waals surface area contributed by atoms with Gasteiger partial charge in [0.15, 0.2) is 16.3 Å². The molecule has 1 amide bonds. The lowest BCUT2D eigenvalue weighted by Gasteiger charge is -2.55. The van der Waals surface area contributed by atoms with Gasteiger partial charge in [0.25, 0.3) is 5.91 Å². The number of rotatable bonds is 1. The highest BCUT2D eigenvalue weighted by Crippen LogP contribution is 2.60. The first-order chi connectivity index (χ1) is 12.6. The van der Waals surface area contributed by atoms with Gasteiger partial charge in [-0.2, -0.15) is 4.99 Å². The summed E-state index contributed by atoms with van der Waals surface area (Å²) in [6, 6.07) is 3.99. The molecule has 1 aromatic carbocycles. The van der Waals surface area contributed by atoms with Crippen molar-refractivity contribution in [3.05, 3.63) is 16.9 Å². The second-order valence-corrected chi connectivity index (χ2v) is 9.74. The third kappa shape index (κ3) is 2.08. The zero-order valence-corrected chi connectivity index (χ0v) is 15.7. The molecule has 0 spiro atoms. The zero-order valence-electron chi connectivity index (χ0n) is 14.9. The molecule has 2 heterocycles. The molecule has 1 aliphatic heterocycles. The molecule has 0 N–H and O–H groups in total. The van der Waals surface area contributed by atoms with Gasteiger partial charge in [-0.05, 0) is 56.3 Å². The minimum absolute atomic E-state index is 0.124. The molecule has 2 aromatic rings. The fourth-order valence-electron chi connectivity index (χ4n) is 6.20. The number of fused-ring (bicyclic) bond motifs is 2. The van der Waals surface area contributed by atoms with Crippen molar-refractivity contribution in [1.29, 1.82) is 0 Å². The van der Waals surface area contributed by atoms with Gasteiger partial charge in [0.2, 0.25) is 6.79 Å². The van der Waals surface area contributed by atoms with Crippen molar-refractivity contribution in [1.82, 2.24) is 4.57 Å². The Morgan fingerprint density at radius 1 is 1.12 bits per heavy atom. The summed E-state index contributed by atoms with van der Waals surface area (Å²) in [7, 11) is 1.98. The Balaban J connectivity index is 1.42. The number of carbonyl (C=O) groups is 1. The molecular formula is C20H22N2O3S. The van der Waals surface area contributed by atoms with E-state index in [0.29, 0.717) is 0 Å². The summed E-state index contributed by atoms with van der Waals surface area (Å²) in [5, 5.41) is 0. The van der Waals surface area contributed by atoms with Crippen molar-refractivity contribution in [2.24, 2.45) is 35.2 Å². The van der Waals surface area contributed by atoms with E-state index in [4.69, 9.17) is 9.47 Å². The Morgan fingerprint density at radius 2 is 1.73 bits per heavy atom. The quantitative estimate of drug-likeness (QED) is 0.770. The first-order valence-electron chi connectivity index (χ1n) is 9.58. The Hall–Kier alpha value is -1.82. The summed E-state index contributed by atoms with van der Waals surface area (Å²) in [4.78, 5) is 18.7. The van der Waals surface area contributed by atoms with Gasteiger partial charge < -0.3 is 14.0 Å². The van der Waals surface area contributed by atoms with Crippen LogP contribution in [0.15, 0.2) is 17.1 Å². The minimum atomic E-state index is -0.175. The average molecular weight is 370 g/mol. The Morgan fingerprint density at radius 3 is 2.38 bits per heavy atom. The van der Waals surface area contributed by atoms with Crippen molar-refractivity contribution in [3.8, 4) is 11.5 Å². The van der Waals surface area contributed by atoms with Crippen molar-refractivity contribution in [3.63, 3.8) is 0 Å². The second kappa shape index (κ2) is 5.12. The highest BCUT2D eigenvalue weighted by atomic mass is 32.1. The highest BCUT2D eigenvalue weighted by molar-refractivity contribution is 7.16. The molecule has 7 rings (SSSR count). The molecule has 4 bridgehead atoms. The van der Waals surface area contributed by atoms with Crippen LogP contribution < -0.4 is 14.3 Å². The summed E-state index contributed by atoms with van der Waals surface area (Å²) in [5.41, 5.74) is 0.864. The van der Waals surface area contributed by atoms with Crippen LogP contribution in [0.25, 0.3) is 10.2 Å². The lowest BCUT2D eigenvalue weighted by molar-refractivity contribution is -0.142. The van der Waals surface area contributed by atoms with Crippen LogP contribution in [0.3, 0.4) is 0 Å². The highest BCUT2D eigenvalue weighted by Gasteiger charge is 2.54. The summed E-state index contributed by atoms with van der Waals surface area (Å²) < 4.78 is 14.1. The Labute approximate surface area is 155 Å². The monoisotopic (exact) mass is 370 g/mol. The van der Waals surface area contributed by atoms with Gasteiger partial charge in [-0.15, -0.1) is 0 Å². The van der Waals surface area contributed by atoms with E-state index in [1.807, 2.05) is 23.7 Å². The van der Waals surface area contributed by atoms with E-state index in [2.05, 4.69) is 4.99 Å². The number of thiazole rings is 1. The number of amides is 1. The third-order valence-corrected chi connectivity index (χ3v) is 8.09. The molecule has 0 saturated heterocycles. The van der Waals surface area contributed by atoms with E-state index in [1.165, 1.54) is 19.3 Å². The van der Waals surface area contributed by atoms with Crippen LogP contribution in [0.1, 0.15) is 38.5 Å². The number of aromatic nitrogens is 1. The van der Waals surface area contributed by atoms with Crippen LogP contribution in [0, 0.1) is 23.2 Å². The SMILES string of the molecule is Cn1c(=NC(=O)C23CC4CC(CC(C4)C2)C3)sc2cc3c(cc21)OCO3. The molecule has 4 aliphatic carbocycles. The molecule has 6 heteroatoms. The molecule has 1 aromatic heterocycles. The molecule has 4 saturated carbocycles. The van der Waals surface area contributed by atoms with E-state index in [9.17, 15) is 4.79 Å². The molecule has 0 atom stereocenters. The fourth-order valence-corrected chi connectivity index (χ4v) is 7.23. The first-order valence-corrected chi connectivity index (χ1v) is 10.4. The summed E-state index contributed by atoms with van der Waals surface area (Å²) >= 11 is 1.56. The normalized spacial score (nSPS) is 34.8. The zero-order chi connectivity index (χ0) is 17.5. The minimum Gasteiger partial charge on any atom is -0.454 e. The van der Waals surface area contributed by atoms with Gasteiger partial charge in [0, 0.05) is 19.2 Å². The maximum absolute atomic E-state index is 13.3. The Bertz CT molecular complexity index is 967. The average Bonchev–Trinajstić information content (AvgIpc) is 3.16. The van der Waals surface area contributed by atoms with E-state index >= 15 is 0 Å². The van der Waals surface area contributed by atoms with E-state index < -0.39 is 0 Å². The summed E-state index contributed by atoms with van der Waals surface area (Å²) in [5.74, 6) is 3.94. The van der Waals surface area contributed by atoms with Crippen molar-refractivity contribution >= 4 is 27.5 Å². The Kier molecular flexibility index (Phi) is 3.01. The largest absolute Gasteiger partial charge is 0.454 e.